The zero-order chi connectivity index (χ0) is 10.6. The summed E-state index contributed by atoms with van der Waals surface area (Å²) in [4.78, 5) is 11.4. The first-order valence-electron chi connectivity index (χ1n) is 4.50. The summed E-state index contributed by atoms with van der Waals surface area (Å²) in [5.74, 6) is -0.0521. The maximum atomic E-state index is 11.4. The number of rotatable bonds is 2. The Morgan fingerprint density at radius 2 is 2.21 bits per heavy atom. The first-order chi connectivity index (χ1) is 6.47. The summed E-state index contributed by atoms with van der Waals surface area (Å²) in [6.45, 7) is 5.88. The van der Waals surface area contributed by atoms with E-state index in [9.17, 15) is 4.79 Å². The molecule has 0 aliphatic carbocycles. The van der Waals surface area contributed by atoms with Crippen LogP contribution in [0.5, 0.6) is 0 Å². The van der Waals surface area contributed by atoms with Crippen molar-refractivity contribution in [2.45, 2.75) is 26.3 Å². The zero-order valence-electron chi connectivity index (χ0n) is 8.70. The second kappa shape index (κ2) is 4.42. The molecule has 0 bridgehead atoms. The molecule has 0 saturated heterocycles. The van der Waals surface area contributed by atoms with Gasteiger partial charge in [-0.25, -0.2) is 0 Å². The number of carbonyl (C=O) groups is 1. The molecule has 0 spiro atoms. The summed E-state index contributed by atoms with van der Waals surface area (Å²) in [5.41, 5.74) is 0.898. The normalized spacial score (nSPS) is 11.9. The minimum atomic E-state index is -0.171. The van der Waals surface area contributed by atoms with Gasteiger partial charge in [-0.05, 0) is 49.2 Å². The number of carbonyl (C=O) groups excluding carboxylic acids is 1. The van der Waals surface area contributed by atoms with Crippen molar-refractivity contribution in [3.63, 3.8) is 0 Å². The highest BCUT2D eigenvalue weighted by molar-refractivity contribution is 7.08. The molecular weight excluding hydrogens is 194 g/mol. The van der Waals surface area contributed by atoms with Gasteiger partial charge in [0.1, 0.15) is 0 Å². The molecule has 2 nitrogen and oxygen atoms in total. The largest absolute Gasteiger partial charge is 0.348 e. The van der Waals surface area contributed by atoms with Crippen LogP contribution in [0.15, 0.2) is 22.9 Å². The lowest BCUT2D eigenvalue weighted by Gasteiger charge is -2.18. The van der Waals surface area contributed by atoms with Crippen LogP contribution in [0.1, 0.15) is 26.3 Å². The fourth-order valence-electron chi connectivity index (χ4n) is 0.953. The Morgan fingerprint density at radius 3 is 2.71 bits per heavy atom. The Bertz CT molecular complexity index is 320. The molecule has 14 heavy (non-hydrogen) atoms. The van der Waals surface area contributed by atoms with Gasteiger partial charge in [-0.15, -0.1) is 0 Å². The van der Waals surface area contributed by atoms with Crippen LogP contribution >= 0.6 is 11.3 Å². The minimum Gasteiger partial charge on any atom is -0.348 e. The van der Waals surface area contributed by atoms with Crippen LogP contribution in [0.3, 0.4) is 0 Å². The van der Waals surface area contributed by atoms with Gasteiger partial charge in [0.2, 0.25) is 5.91 Å². The first-order valence-corrected chi connectivity index (χ1v) is 5.44. The van der Waals surface area contributed by atoms with Crippen LogP contribution in [0, 0.1) is 0 Å². The van der Waals surface area contributed by atoms with Crippen molar-refractivity contribution in [2.75, 3.05) is 0 Å². The van der Waals surface area contributed by atoms with Gasteiger partial charge in [0, 0.05) is 11.6 Å². The van der Waals surface area contributed by atoms with Gasteiger partial charge in [0.05, 0.1) is 0 Å². The van der Waals surface area contributed by atoms with E-state index in [4.69, 9.17) is 0 Å². The van der Waals surface area contributed by atoms with Gasteiger partial charge >= 0.3 is 0 Å². The molecule has 1 aromatic heterocycles. The summed E-state index contributed by atoms with van der Waals surface area (Å²) < 4.78 is 0. The first kappa shape index (κ1) is 11.0. The molecule has 0 atom stereocenters. The highest BCUT2D eigenvalue weighted by Gasteiger charge is 2.10. The molecular formula is C11H15NOS. The molecule has 1 N–H and O–H groups in total. The molecule has 0 radical (unpaired) electrons. The molecule has 0 unspecified atom stereocenters. The monoisotopic (exact) mass is 209 g/mol. The van der Waals surface area contributed by atoms with Crippen molar-refractivity contribution in [1.29, 1.82) is 0 Å². The summed E-state index contributed by atoms with van der Waals surface area (Å²) in [7, 11) is 0. The molecule has 1 rings (SSSR count). The van der Waals surface area contributed by atoms with E-state index in [1.165, 1.54) is 0 Å². The molecule has 0 aliphatic rings. The van der Waals surface area contributed by atoms with Gasteiger partial charge in [0.25, 0.3) is 0 Å². The zero-order valence-corrected chi connectivity index (χ0v) is 9.52. The Labute approximate surface area is 88.6 Å². The van der Waals surface area contributed by atoms with Crippen LogP contribution in [0.2, 0.25) is 0 Å². The summed E-state index contributed by atoms with van der Waals surface area (Å²) in [6.07, 6.45) is 3.38. The Kier molecular flexibility index (Phi) is 3.47. The fraction of sp³-hybridized carbons (Fsp3) is 0.364. The Morgan fingerprint density at radius 1 is 1.50 bits per heavy atom. The third-order valence-corrected chi connectivity index (χ3v) is 2.17. The molecule has 3 heteroatoms. The van der Waals surface area contributed by atoms with E-state index in [0.29, 0.717) is 0 Å². The quantitative estimate of drug-likeness (QED) is 0.745. The van der Waals surface area contributed by atoms with Crippen LogP contribution in [0.4, 0.5) is 0 Å². The smallest absolute Gasteiger partial charge is 0.244 e. The lowest BCUT2D eigenvalue weighted by atomic mass is 10.1. The van der Waals surface area contributed by atoms with Crippen molar-refractivity contribution in [2.24, 2.45) is 0 Å². The highest BCUT2D eigenvalue weighted by Crippen LogP contribution is 2.07. The van der Waals surface area contributed by atoms with Crippen molar-refractivity contribution >= 4 is 23.3 Å². The number of nitrogens with one attached hydrogen (secondary N) is 1. The van der Waals surface area contributed by atoms with Crippen molar-refractivity contribution < 1.29 is 4.79 Å². The Hall–Kier alpha value is -1.09. The number of amides is 1. The molecule has 76 valence electrons. The predicted molar refractivity (Wildman–Crippen MR) is 61.2 cm³/mol. The maximum Gasteiger partial charge on any atom is 0.244 e. The molecule has 0 saturated carbocycles. The van der Waals surface area contributed by atoms with Gasteiger partial charge < -0.3 is 5.32 Å². The molecule has 1 aromatic rings. The average molecular weight is 209 g/mol. The molecule has 1 amide bonds. The van der Waals surface area contributed by atoms with Gasteiger partial charge in [-0.1, -0.05) is 0 Å². The fourth-order valence-corrected chi connectivity index (χ4v) is 1.58. The number of hydrogen-bond acceptors (Lipinski definition) is 2. The maximum absolute atomic E-state index is 11.4. The standard InChI is InChI=1S/C11H15NOS/c1-11(2,3)12-10(13)5-4-9-6-7-14-8-9/h4-8H,1-3H3,(H,12,13)/b5-4+. The van der Waals surface area contributed by atoms with Crippen molar-refractivity contribution in [1.82, 2.24) is 5.32 Å². The van der Waals surface area contributed by atoms with Crippen LogP contribution in [-0.4, -0.2) is 11.4 Å². The van der Waals surface area contributed by atoms with Gasteiger partial charge in [-0.2, -0.15) is 11.3 Å². The molecule has 0 fully saturated rings. The minimum absolute atomic E-state index is 0.0521. The van der Waals surface area contributed by atoms with Crippen LogP contribution in [-0.2, 0) is 4.79 Å². The summed E-state index contributed by atoms with van der Waals surface area (Å²) in [6, 6.07) is 1.98. The topological polar surface area (TPSA) is 29.1 Å². The summed E-state index contributed by atoms with van der Waals surface area (Å²) >= 11 is 1.62. The van der Waals surface area contributed by atoms with E-state index in [1.807, 2.05) is 43.7 Å². The van der Waals surface area contributed by atoms with E-state index in [1.54, 1.807) is 17.4 Å². The predicted octanol–water partition coefficient (Wildman–Crippen LogP) is 2.68. The van der Waals surface area contributed by atoms with Crippen molar-refractivity contribution in [3.8, 4) is 0 Å². The number of thiophene rings is 1. The van der Waals surface area contributed by atoms with Gasteiger partial charge in [0.15, 0.2) is 0 Å². The van der Waals surface area contributed by atoms with E-state index in [-0.39, 0.29) is 11.4 Å². The second-order valence-electron chi connectivity index (χ2n) is 4.13. The molecule has 1 heterocycles. The Balaban J connectivity index is 2.49. The molecule has 0 aliphatic heterocycles. The van der Waals surface area contributed by atoms with E-state index < -0.39 is 0 Å². The van der Waals surface area contributed by atoms with E-state index >= 15 is 0 Å². The van der Waals surface area contributed by atoms with Crippen LogP contribution in [0.25, 0.3) is 6.08 Å². The number of hydrogen-bond donors (Lipinski definition) is 1. The summed E-state index contributed by atoms with van der Waals surface area (Å²) in [5, 5.41) is 6.85. The third-order valence-electron chi connectivity index (χ3n) is 1.47. The van der Waals surface area contributed by atoms with E-state index in [0.717, 1.165) is 5.56 Å². The third kappa shape index (κ3) is 4.23. The molecule has 0 aromatic carbocycles. The second-order valence-corrected chi connectivity index (χ2v) is 4.91. The highest BCUT2D eigenvalue weighted by atomic mass is 32.1. The SMILES string of the molecule is CC(C)(C)NC(=O)/C=C/c1ccsc1. The average Bonchev–Trinajstić information content (AvgIpc) is 2.49. The van der Waals surface area contributed by atoms with E-state index in [2.05, 4.69) is 5.32 Å². The van der Waals surface area contributed by atoms with Crippen LogP contribution < -0.4 is 5.32 Å². The lowest BCUT2D eigenvalue weighted by Crippen LogP contribution is -2.39. The van der Waals surface area contributed by atoms with Gasteiger partial charge in [-0.3, -0.25) is 4.79 Å². The lowest BCUT2D eigenvalue weighted by molar-refractivity contribution is -0.117. The van der Waals surface area contributed by atoms with Crippen molar-refractivity contribution in [3.05, 3.63) is 28.5 Å².